The molecule has 0 atom stereocenters. The second-order valence-corrected chi connectivity index (χ2v) is 6.28. The summed E-state index contributed by atoms with van der Waals surface area (Å²) in [6.07, 6.45) is 2.39. The first-order valence-corrected chi connectivity index (χ1v) is 9.51. The maximum atomic E-state index is 12.5. The Morgan fingerprint density at radius 1 is 1.14 bits per heavy atom. The molecule has 28 heavy (non-hydrogen) atoms. The number of aryl methyl sites for hydroxylation is 1. The second kappa shape index (κ2) is 10.4. The van der Waals surface area contributed by atoms with Gasteiger partial charge in [-0.2, -0.15) is 5.26 Å². The molecule has 2 aromatic rings. The molecule has 5 nitrogen and oxygen atoms in total. The summed E-state index contributed by atoms with van der Waals surface area (Å²) in [5.41, 5.74) is 2.33. The first-order chi connectivity index (χ1) is 13.5. The van der Waals surface area contributed by atoms with Gasteiger partial charge >= 0.3 is 0 Å². The van der Waals surface area contributed by atoms with Gasteiger partial charge in [0, 0.05) is 5.69 Å². The topological polar surface area (TPSA) is 71.3 Å². The molecule has 0 fully saturated rings. The fourth-order valence-electron chi connectivity index (χ4n) is 2.56. The van der Waals surface area contributed by atoms with Crippen LogP contribution < -0.4 is 14.8 Å². The molecular formula is C22H23ClN2O3. The number of rotatable bonds is 8. The number of nitrogens with zero attached hydrogens (tertiary/aromatic N) is 1. The molecule has 0 radical (unpaired) electrons. The first-order valence-electron chi connectivity index (χ1n) is 9.13. The lowest BCUT2D eigenvalue weighted by atomic mass is 10.1. The van der Waals surface area contributed by atoms with Gasteiger partial charge in [0.15, 0.2) is 11.5 Å². The third-order valence-electron chi connectivity index (χ3n) is 3.92. The van der Waals surface area contributed by atoms with E-state index in [0.29, 0.717) is 41.0 Å². The summed E-state index contributed by atoms with van der Waals surface area (Å²) < 4.78 is 11.1. The summed E-state index contributed by atoms with van der Waals surface area (Å²) in [7, 11) is 0. The summed E-state index contributed by atoms with van der Waals surface area (Å²) in [5, 5.41) is 12.5. The monoisotopic (exact) mass is 398 g/mol. The van der Waals surface area contributed by atoms with Crippen molar-refractivity contribution in [2.75, 3.05) is 18.5 Å². The molecule has 2 rings (SSSR count). The number of carbonyl (C=O) groups is 1. The number of carbonyl (C=O) groups excluding carboxylic acids is 1. The van der Waals surface area contributed by atoms with Crippen molar-refractivity contribution in [1.29, 1.82) is 5.26 Å². The standard InChI is InChI=1S/C22H23ClN2O3/c1-4-15-7-9-18(10-8-15)25-22(26)17(14-24)11-16-12-19(23)21(28-6-3)20(13-16)27-5-2/h7-13H,4-6H2,1-3H3,(H,25,26)/b17-11+. The van der Waals surface area contributed by atoms with Crippen molar-refractivity contribution in [2.24, 2.45) is 0 Å². The Kier molecular flexibility index (Phi) is 7.91. The highest BCUT2D eigenvalue weighted by atomic mass is 35.5. The summed E-state index contributed by atoms with van der Waals surface area (Å²) in [5.74, 6) is 0.424. The molecule has 0 aliphatic carbocycles. The van der Waals surface area contributed by atoms with Gasteiger partial charge < -0.3 is 14.8 Å². The van der Waals surface area contributed by atoms with Crippen LogP contribution in [0.25, 0.3) is 6.08 Å². The maximum absolute atomic E-state index is 12.5. The van der Waals surface area contributed by atoms with Crippen LogP contribution in [0.4, 0.5) is 5.69 Å². The van der Waals surface area contributed by atoms with Crippen LogP contribution in [0.15, 0.2) is 42.0 Å². The molecule has 0 aromatic heterocycles. The number of halogens is 1. The summed E-state index contributed by atoms with van der Waals surface area (Å²) >= 11 is 6.30. The van der Waals surface area contributed by atoms with Crippen LogP contribution in [0.2, 0.25) is 5.02 Å². The normalized spacial score (nSPS) is 10.9. The Labute approximate surface area is 170 Å². The fourth-order valence-corrected chi connectivity index (χ4v) is 2.83. The van der Waals surface area contributed by atoms with Gasteiger partial charge in [0.25, 0.3) is 5.91 Å². The second-order valence-electron chi connectivity index (χ2n) is 5.87. The van der Waals surface area contributed by atoms with E-state index in [1.807, 2.05) is 44.2 Å². The van der Waals surface area contributed by atoms with Gasteiger partial charge in [0.2, 0.25) is 0 Å². The van der Waals surface area contributed by atoms with E-state index in [-0.39, 0.29) is 5.57 Å². The fraction of sp³-hybridized carbons (Fsp3) is 0.273. The molecule has 0 aliphatic rings. The highest BCUT2D eigenvalue weighted by Crippen LogP contribution is 2.37. The van der Waals surface area contributed by atoms with Crippen molar-refractivity contribution in [3.8, 4) is 17.6 Å². The third kappa shape index (κ3) is 5.51. The molecule has 0 saturated heterocycles. The van der Waals surface area contributed by atoms with Crippen LogP contribution in [-0.2, 0) is 11.2 Å². The summed E-state index contributed by atoms with van der Waals surface area (Å²) in [6, 6.07) is 12.8. The molecule has 2 aromatic carbocycles. The van der Waals surface area contributed by atoms with Gasteiger partial charge in [0.05, 0.1) is 18.2 Å². The van der Waals surface area contributed by atoms with E-state index in [9.17, 15) is 10.1 Å². The van der Waals surface area contributed by atoms with Gasteiger partial charge in [0.1, 0.15) is 11.6 Å². The van der Waals surface area contributed by atoms with Gasteiger partial charge in [-0.05, 0) is 61.7 Å². The van der Waals surface area contributed by atoms with Crippen LogP contribution in [0.1, 0.15) is 31.9 Å². The Morgan fingerprint density at radius 3 is 2.39 bits per heavy atom. The van der Waals surface area contributed by atoms with Crippen LogP contribution in [0.3, 0.4) is 0 Å². The quantitative estimate of drug-likeness (QED) is 0.487. The summed E-state index contributed by atoms with van der Waals surface area (Å²) in [4.78, 5) is 12.5. The molecule has 0 saturated carbocycles. The minimum atomic E-state index is -0.491. The van der Waals surface area contributed by atoms with E-state index in [1.54, 1.807) is 12.1 Å². The van der Waals surface area contributed by atoms with Gasteiger partial charge in [-0.25, -0.2) is 0 Å². The molecule has 1 amide bonds. The van der Waals surface area contributed by atoms with E-state index < -0.39 is 5.91 Å². The van der Waals surface area contributed by atoms with Crippen molar-refractivity contribution >= 4 is 29.3 Å². The molecule has 0 bridgehead atoms. The number of nitriles is 1. The van der Waals surface area contributed by atoms with E-state index in [1.165, 1.54) is 11.6 Å². The number of ether oxygens (including phenoxy) is 2. The predicted octanol–water partition coefficient (Wildman–Crippen LogP) is 5.25. The first kappa shape index (κ1) is 21.3. The Morgan fingerprint density at radius 2 is 1.82 bits per heavy atom. The molecule has 146 valence electrons. The molecule has 0 aliphatic heterocycles. The molecule has 1 N–H and O–H groups in total. The molecule has 0 heterocycles. The lowest BCUT2D eigenvalue weighted by Gasteiger charge is -2.13. The van der Waals surface area contributed by atoms with Gasteiger partial charge in [-0.1, -0.05) is 30.7 Å². The van der Waals surface area contributed by atoms with Crippen LogP contribution >= 0.6 is 11.6 Å². The zero-order valence-electron chi connectivity index (χ0n) is 16.2. The summed E-state index contributed by atoms with van der Waals surface area (Å²) in [6.45, 7) is 6.64. The number of amides is 1. The van der Waals surface area contributed by atoms with Crippen molar-refractivity contribution in [3.05, 3.63) is 58.1 Å². The molecule has 6 heteroatoms. The lowest BCUT2D eigenvalue weighted by Crippen LogP contribution is -2.13. The number of hydrogen-bond acceptors (Lipinski definition) is 4. The maximum Gasteiger partial charge on any atom is 0.266 e. The predicted molar refractivity (Wildman–Crippen MR) is 112 cm³/mol. The van der Waals surface area contributed by atoms with Crippen molar-refractivity contribution in [2.45, 2.75) is 27.2 Å². The van der Waals surface area contributed by atoms with Crippen LogP contribution in [0.5, 0.6) is 11.5 Å². The Hall–Kier alpha value is -2.97. The zero-order valence-corrected chi connectivity index (χ0v) is 17.0. The van der Waals surface area contributed by atoms with E-state index >= 15 is 0 Å². The largest absolute Gasteiger partial charge is 0.490 e. The number of anilines is 1. The smallest absolute Gasteiger partial charge is 0.266 e. The van der Waals surface area contributed by atoms with E-state index in [0.717, 1.165) is 6.42 Å². The molecule has 0 spiro atoms. The van der Waals surface area contributed by atoms with Gasteiger partial charge in [-0.15, -0.1) is 0 Å². The Balaban J connectivity index is 2.29. The lowest BCUT2D eigenvalue weighted by molar-refractivity contribution is -0.112. The van der Waals surface area contributed by atoms with Gasteiger partial charge in [-0.3, -0.25) is 4.79 Å². The van der Waals surface area contributed by atoms with Crippen molar-refractivity contribution < 1.29 is 14.3 Å². The van der Waals surface area contributed by atoms with Crippen LogP contribution in [0, 0.1) is 11.3 Å². The molecule has 0 unspecified atom stereocenters. The number of nitrogens with one attached hydrogen (secondary N) is 1. The zero-order chi connectivity index (χ0) is 20.5. The van der Waals surface area contributed by atoms with Crippen molar-refractivity contribution in [3.63, 3.8) is 0 Å². The highest BCUT2D eigenvalue weighted by Gasteiger charge is 2.14. The average Bonchev–Trinajstić information content (AvgIpc) is 2.69. The van der Waals surface area contributed by atoms with Crippen molar-refractivity contribution in [1.82, 2.24) is 0 Å². The molecular weight excluding hydrogens is 376 g/mol. The highest BCUT2D eigenvalue weighted by molar-refractivity contribution is 6.32. The van der Waals surface area contributed by atoms with E-state index in [2.05, 4.69) is 12.2 Å². The number of hydrogen-bond donors (Lipinski definition) is 1. The SMILES string of the molecule is CCOc1cc(/C=C(\C#N)C(=O)Nc2ccc(CC)cc2)cc(Cl)c1OCC. The minimum absolute atomic E-state index is 0.0396. The minimum Gasteiger partial charge on any atom is -0.490 e. The number of benzene rings is 2. The average molecular weight is 399 g/mol. The Bertz CT molecular complexity index is 899. The van der Waals surface area contributed by atoms with E-state index in [4.69, 9.17) is 21.1 Å². The van der Waals surface area contributed by atoms with Crippen LogP contribution in [-0.4, -0.2) is 19.1 Å². The third-order valence-corrected chi connectivity index (χ3v) is 4.20.